The van der Waals surface area contributed by atoms with Crippen LogP contribution >= 0.6 is 0 Å². The number of para-hydroxylation sites is 1. The molecule has 2 amide bonds. The highest BCUT2D eigenvalue weighted by Crippen LogP contribution is 2.34. The molecule has 0 fully saturated rings. The second kappa shape index (κ2) is 13.9. The van der Waals surface area contributed by atoms with Gasteiger partial charge in [0.2, 0.25) is 5.91 Å². The van der Waals surface area contributed by atoms with Crippen molar-refractivity contribution in [2.45, 2.75) is 60.3 Å². The quantitative estimate of drug-likeness (QED) is 0.184. The first-order valence-electron chi connectivity index (χ1n) is 14.7. The lowest BCUT2D eigenvalue weighted by Gasteiger charge is -2.24. The van der Waals surface area contributed by atoms with Crippen LogP contribution in [0.15, 0.2) is 78.9 Å². The molecule has 6 heteroatoms. The zero-order valence-electron chi connectivity index (χ0n) is 25.0. The molecule has 4 aromatic rings. The van der Waals surface area contributed by atoms with Crippen molar-refractivity contribution in [3.8, 4) is 16.8 Å². The number of aryl methyl sites for hydroxylation is 3. The SMILES string of the molecule is CCCCCc1ccc(C(=O)N(CC(=O)Nc2c(-c3ccccc3)c(C)nn2-c2ccccc2C)CC(C)C)cc1. The summed E-state index contributed by atoms with van der Waals surface area (Å²) in [5.41, 5.74) is 6.41. The third kappa shape index (κ3) is 7.51. The first-order valence-corrected chi connectivity index (χ1v) is 14.7. The molecular weight excluding hydrogens is 508 g/mol. The average molecular weight is 551 g/mol. The topological polar surface area (TPSA) is 67.2 Å². The molecule has 4 rings (SSSR count). The normalized spacial score (nSPS) is 11.1. The van der Waals surface area contributed by atoms with Gasteiger partial charge in [0, 0.05) is 17.7 Å². The van der Waals surface area contributed by atoms with Crippen molar-refractivity contribution in [3.63, 3.8) is 0 Å². The van der Waals surface area contributed by atoms with E-state index in [4.69, 9.17) is 5.10 Å². The summed E-state index contributed by atoms with van der Waals surface area (Å²) in [5.74, 6) is 0.406. The Morgan fingerprint density at radius 2 is 1.59 bits per heavy atom. The summed E-state index contributed by atoms with van der Waals surface area (Å²) in [6.07, 6.45) is 4.54. The van der Waals surface area contributed by atoms with Crippen molar-refractivity contribution in [2.75, 3.05) is 18.4 Å². The van der Waals surface area contributed by atoms with E-state index in [0.29, 0.717) is 17.9 Å². The first-order chi connectivity index (χ1) is 19.8. The van der Waals surface area contributed by atoms with Gasteiger partial charge < -0.3 is 10.2 Å². The molecule has 0 bridgehead atoms. The molecule has 0 aliphatic rings. The van der Waals surface area contributed by atoms with E-state index in [2.05, 4.69) is 26.1 Å². The second-order valence-corrected chi connectivity index (χ2v) is 11.2. The molecular formula is C35H42N4O2. The molecule has 41 heavy (non-hydrogen) atoms. The Hall–Kier alpha value is -4.19. The minimum Gasteiger partial charge on any atom is -0.329 e. The zero-order chi connectivity index (χ0) is 29.4. The van der Waals surface area contributed by atoms with Gasteiger partial charge in [0.1, 0.15) is 12.4 Å². The minimum absolute atomic E-state index is 0.0541. The van der Waals surface area contributed by atoms with Crippen LogP contribution in [0.4, 0.5) is 5.82 Å². The van der Waals surface area contributed by atoms with Gasteiger partial charge in [-0.1, -0.05) is 94.3 Å². The monoisotopic (exact) mass is 550 g/mol. The molecule has 1 heterocycles. The molecule has 1 N–H and O–H groups in total. The third-order valence-corrected chi connectivity index (χ3v) is 7.20. The molecule has 3 aromatic carbocycles. The van der Waals surface area contributed by atoms with Crippen molar-refractivity contribution in [1.29, 1.82) is 0 Å². The van der Waals surface area contributed by atoms with Crippen LogP contribution in [0.25, 0.3) is 16.8 Å². The van der Waals surface area contributed by atoms with E-state index in [-0.39, 0.29) is 24.3 Å². The highest BCUT2D eigenvalue weighted by molar-refractivity contribution is 6.01. The highest BCUT2D eigenvalue weighted by atomic mass is 16.2. The Bertz CT molecular complexity index is 1460. The fourth-order valence-corrected chi connectivity index (χ4v) is 5.15. The van der Waals surface area contributed by atoms with Crippen LogP contribution in [0.2, 0.25) is 0 Å². The number of rotatable bonds is 12. The molecule has 0 unspecified atom stereocenters. The third-order valence-electron chi connectivity index (χ3n) is 7.20. The predicted octanol–water partition coefficient (Wildman–Crippen LogP) is 7.63. The van der Waals surface area contributed by atoms with Crippen molar-refractivity contribution in [3.05, 3.63) is 101 Å². The van der Waals surface area contributed by atoms with E-state index in [1.165, 1.54) is 18.4 Å². The molecule has 0 radical (unpaired) electrons. The number of nitrogens with one attached hydrogen (secondary N) is 1. The summed E-state index contributed by atoms with van der Waals surface area (Å²) in [4.78, 5) is 28.9. The average Bonchev–Trinajstić information content (AvgIpc) is 3.28. The van der Waals surface area contributed by atoms with Gasteiger partial charge in [-0.3, -0.25) is 9.59 Å². The number of carbonyl (C=O) groups is 2. The van der Waals surface area contributed by atoms with Crippen LogP contribution < -0.4 is 5.32 Å². The fraction of sp³-hybridized carbons (Fsp3) is 0.343. The largest absolute Gasteiger partial charge is 0.329 e. The smallest absolute Gasteiger partial charge is 0.254 e. The van der Waals surface area contributed by atoms with Crippen molar-refractivity contribution >= 4 is 17.6 Å². The molecule has 0 saturated carbocycles. The summed E-state index contributed by atoms with van der Waals surface area (Å²) >= 11 is 0. The Kier molecular flexibility index (Phi) is 10.1. The van der Waals surface area contributed by atoms with Crippen LogP contribution in [-0.2, 0) is 11.2 Å². The predicted molar refractivity (Wildman–Crippen MR) is 168 cm³/mol. The molecule has 0 atom stereocenters. The zero-order valence-corrected chi connectivity index (χ0v) is 25.0. The minimum atomic E-state index is -0.262. The van der Waals surface area contributed by atoms with Gasteiger partial charge in [-0.25, -0.2) is 4.68 Å². The number of anilines is 1. The van der Waals surface area contributed by atoms with Crippen LogP contribution in [0.1, 0.15) is 67.2 Å². The van der Waals surface area contributed by atoms with Gasteiger partial charge in [-0.2, -0.15) is 5.10 Å². The van der Waals surface area contributed by atoms with Gasteiger partial charge in [-0.15, -0.1) is 0 Å². The number of carbonyl (C=O) groups excluding carboxylic acids is 2. The Balaban J connectivity index is 1.61. The Morgan fingerprint density at radius 3 is 2.24 bits per heavy atom. The van der Waals surface area contributed by atoms with Gasteiger partial charge in [0.05, 0.1) is 11.4 Å². The lowest BCUT2D eigenvalue weighted by molar-refractivity contribution is -0.117. The number of nitrogens with zero attached hydrogens (tertiary/aromatic N) is 3. The standard InChI is InChI=1S/C35H42N4O2/c1-6-7-9-15-28-19-21-30(22-20-28)35(41)38(23-25(2)3)24-32(40)36-34-33(29-16-10-8-11-17-29)27(5)37-39(34)31-18-13-12-14-26(31)4/h8,10-14,16-22,25H,6-7,9,15,23-24H2,1-5H3,(H,36,40). The van der Waals surface area contributed by atoms with Gasteiger partial charge >= 0.3 is 0 Å². The molecule has 0 saturated heterocycles. The summed E-state index contributed by atoms with van der Waals surface area (Å²) in [5, 5.41) is 7.98. The van der Waals surface area contributed by atoms with Gasteiger partial charge in [-0.05, 0) is 67.5 Å². The van der Waals surface area contributed by atoms with E-state index in [9.17, 15) is 9.59 Å². The van der Waals surface area contributed by atoms with E-state index in [1.807, 2.05) is 92.7 Å². The molecule has 0 spiro atoms. The van der Waals surface area contributed by atoms with E-state index in [0.717, 1.165) is 40.9 Å². The van der Waals surface area contributed by atoms with Crippen LogP contribution in [0.3, 0.4) is 0 Å². The molecule has 214 valence electrons. The molecule has 1 aromatic heterocycles. The summed E-state index contributed by atoms with van der Waals surface area (Å²) in [7, 11) is 0. The van der Waals surface area contributed by atoms with E-state index >= 15 is 0 Å². The van der Waals surface area contributed by atoms with Crippen molar-refractivity contribution < 1.29 is 9.59 Å². The molecule has 0 aliphatic carbocycles. The molecule has 6 nitrogen and oxygen atoms in total. The number of unbranched alkanes of at least 4 members (excludes halogenated alkanes) is 2. The maximum absolute atomic E-state index is 13.7. The lowest BCUT2D eigenvalue weighted by Crippen LogP contribution is -2.40. The summed E-state index contributed by atoms with van der Waals surface area (Å²) in [6, 6.07) is 25.8. The number of hydrogen-bond donors (Lipinski definition) is 1. The van der Waals surface area contributed by atoms with Crippen LogP contribution in [-0.4, -0.2) is 39.6 Å². The first kappa shape index (κ1) is 29.8. The second-order valence-electron chi connectivity index (χ2n) is 11.2. The highest BCUT2D eigenvalue weighted by Gasteiger charge is 2.24. The molecule has 0 aliphatic heterocycles. The summed E-state index contributed by atoms with van der Waals surface area (Å²) < 4.78 is 1.80. The van der Waals surface area contributed by atoms with Crippen molar-refractivity contribution in [1.82, 2.24) is 14.7 Å². The van der Waals surface area contributed by atoms with E-state index in [1.54, 1.807) is 9.58 Å². The maximum Gasteiger partial charge on any atom is 0.254 e. The van der Waals surface area contributed by atoms with Crippen LogP contribution in [0, 0.1) is 19.8 Å². The Labute approximate surface area is 244 Å². The number of amides is 2. The lowest BCUT2D eigenvalue weighted by atomic mass is 10.0. The van der Waals surface area contributed by atoms with Crippen LogP contribution in [0.5, 0.6) is 0 Å². The maximum atomic E-state index is 13.7. The number of aromatic nitrogens is 2. The van der Waals surface area contributed by atoms with Gasteiger partial charge in [0.25, 0.3) is 5.91 Å². The number of hydrogen-bond acceptors (Lipinski definition) is 3. The summed E-state index contributed by atoms with van der Waals surface area (Å²) in [6.45, 7) is 10.7. The van der Waals surface area contributed by atoms with E-state index < -0.39 is 0 Å². The van der Waals surface area contributed by atoms with Gasteiger partial charge in [0.15, 0.2) is 0 Å². The number of benzene rings is 3. The van der Waals surface area contributed by atoms with Crippen molar-refractivity contribution in [2.24, 2.45) is 5.92 Å². The fourth-order valence-electron chi connectivity index (χ4n) is 5.15. The Morgan fingerprint density at radius 1 is 0.902 bits per heavy atom.